The average Bonchev–Trinajstić information content (AvgIpc) is 3.25. The van der Waals surface area contributed by atoms with E-state index in [2.05, 4.69) is 20.9 Å². The van der Waals surface area contributed by atoms with E-state index in [0.29, 0.717) is 22.5 Å². The molecule has 6 heteroatoms. The van der Waals surface area contributed by atoms with Crippen molar-refractivity contribution in [3.05, 3.63) is 94.3 Å². The van der Waals surface area contributed by atoms with Crippen LogP contribution in [0.15, 0.2) is 71.8 Å². The van der Waals surface area contributed by atoms with E-state index in [4.69, 9.17) is 11.2 Å². The number of aromatic amines is 1. The molecule has 0 aliphatic heterocycles. The lowest BCUT2D eigenvalue weighted by molar-refractivity contribution is 0.415. The summed E-state index contributed by atoms with van der Waals surface area (Å²) >= 11 is 0. The monoisotopic (exact) mass is 418 g/mol. The Morgan fingerprint density at radius 3 is 2.72 bits per heavy atom. The second-order valence-electron chi connectivity index (χ2n) is 7.17. The number of ether oxygens (including phenoxy) is 1. The molecule has 2 aromatic carbocycles. The van der Waals surface area contributed by atoms with Crippen LogP contribution in [0, 0.1) is 12.3 Å². The lowest BCUT2D eigenvalue weighted by atomic mass is 10.1. The Morgan fingerprint density at radius 2 is 1.94 bits per heavy atom. The molecule has 0 amide bonds. The second kappa shape index (κ2) is 7.89. The Bertz CT molecular complexity index is 1590. The molecule has 3 heterocycles. The van der Waals surface area contributed by atoms with Gasteiger partial charge in [-0.15, -0.1) is 6.42 Å². The number of aromatic nitrogens is 4. The van der Waals surface area contributed by atoms with Crippen LogP contribution in [0.3, 0.4) is 0 Å². The van der Waals surface area contributed by atoms with Crippen molar-refractivity contribution in [1.29, 1.82) is 0 Å². The topological polar surface area (TPSA) is 72.8 Å². The van der Waals surface area contributed by atoms with E-state index in [9.17, 15) is 4.79 Å². The first-order chi connectivity index (χ1) is 15.7. The molecule has 154 valence electrons. The minimum atomic E-state index is -0.197. The van der Waals surface area contributed by atoms with E-state index in [0.717, 1.165) is 27.8 Å². The third-order valence-electron chi connectivity index (χ3n) is 5.29. The SMILES string of the molecule is C#Cc1ccc(-n2c(C=Cc3c[nH]c4ccc(OC)cc34)nc3ncccc3c2=O)cc1. The van der Waals surface area contributed by atoms with Crippen LogP contribution in [0.2, 0.25) is 0 Å². The first kappa shape index (κ1) is 19.3. The van der Waals surface area contributed by atoms with Crippen LogP contribution < -0.4 is 10.3 Å². The Hall–Kier alpha value is -4.63. The molecule has 32 heavy (non-hydrogen) atoms. The van der Waals surface area contributed by atoms with Crippen LogP contribution in [0.1, 0.15) is 17.0 Å². The van der Waals surface area contributed by atoms with Crippen molar-refractivity contribution in [3.63, 3.8) is 0 Å². The number of hydrogen-bond acceptors (Lipinski definition) is 4. The zero-order valence-electron chi connectivity index (χ0n) is 17.2. The average molecular weight is 418 g/mol. The van der Waals surface area contributed by atoms with E-state index < -0.39 is 0 Å². The van der Waals surface area contributed by atoms with Crippen LogP contribution in [0.5, 0.6) is 5.75 Å². The first-order valence-corrected chi connectivity index (χ1v) is 9.96. The highest BCUT2D eigenvalue weighted by molar-refractivity contribution is 5.92. The quantitative estimate of drug-likeness (QED) is 0.439. The summed E-state index contributed by atoms with van der Waals surface area (Å²) in [4.78, 5) is 25.5. The normalized spacial score (nSPS) is 11.2. The molecule has 0 atom stereocenters. The summed E-state index contributed by atoms with van der Waals surface area (Å²) in [6.07, 6.45) is 12.7. The van der Waals surface area contributed by atoms with Gasteiger partial charge in [-0.25, -0.2) is 9.97 Å². The molecule has 0 aliphatic carbocycles. The fourth-order valence-electron chi connectivity index (χ4n) is 3.65. The molecule has 0 radical (unpaired) electrons. The maximum atomic E-state index is 13.3. The van der Waals surface area contributed by atoms with Gasteiger partial charge in [-0.2, -0.15) is 0 Å². The molecule has 0 fully saturated rings. The van der Waals surface area contributed by atoms with Crippen LogP contribution in [-0.4, -0.2) is 26.6 Å². The standard InChI is InChI=1S/C26H18N4O2/c1-3-17-6-9-19(10-7-17)30-24(29-25-21(26(30)31)5-4-14-27-25)13-8-18-16-28-23-12-11-20(32-2)15-22(18)23/h1,4-16,28H,2H3. The van der Waals surface area contributed by atoms with Crippen molar-refractivity contribution in [2.24, 2.45) is 0 Å². The highest BCUT2D eigenvalue weighted by atomic mass is 16.5. The van der Waals surface area contributed by atoms with Crippen molar-refractivity contribution < 1.29 is 4.74 Å². The van der Waals surface area contributed by atoms with E-state index >= 15 is 0 Å². The highest BCUT2D eigenvalue weighted by Crippen LogP contribution is 2.25. The highest BCUT2D eigenvalue weighted by Gasteiger charge is 2.12. The summed E-state index contributed by atoms with van der Waals surface area (Å²) in [6.45, 7) is 0. The number of hydrogen-bond donors (Lipinski definition) is 1. The number of terminal acetylenes is 1. The second-order valence-corrected chi connectivity index (χ2v) is 7.17. The molecular formula is C26H18N4O2. The molecule has 5 aromatic rings. The smallest absolute Gasteiger partial charge is 0.267 e. The van der Waals surface area contributed by atoms with Gasteiger partial charge in [0.25, 0.3) is 5.56 Å². The molecule has 1 N–H and O–H groups in total. The molecule has 0 unspecified atom stereocenters. The molecule has 0 saturated carbocycles. The summed E-state index contributed by atoms with van der Waals surface area (Å²) in [5, 5.41) is 1.45. The Morgan fingerprint density at radius 1 is 1.09 bits per heavy atom. The van der Waals surface area contributed by atoms with Crippen molar-refractivity contribution >= 4 is 34.1 Å². The predicted molar refractivity (Wildman–Crippen MR) is 127 cm³/mol. The molecule has 0 spiro atoms. The Labute approximate surface area is 183 Å². The van der Waals surface area contributed by atoms with E-state index in [1.165, 1.54) is 0 Å². The third-order valence-corrected chi connectivity index (χ3v) is 5.29. The van der Waals surface area contributed by atoms with Gasteiger partial charge < -0.3 is 9.72 Å². The van der Waals surface area contributed by atoms with Crippen LogP contribution in [0.25, 0.3) is 39.8 Å². The molecule has 5 rings (SSSR count). The number of nitrogens with one attached hydrogen (secondary N) is 1. The molecule has 0 saturated heterocycles. The van der Waals surface area contributed by atoms with Gasteiger partial charge >= 0.3 is 0 Å². The molecule has 0 aliphatic rings. The molecule has 6 nitrogen and oxygen atoms in total. The summed E-state index contributed by atoms with van der Waals surface area (Å²) in [7, 11) is 1.64. The molecule has 0 bridgehead atoms. The number of methoxy groups -OCH3 is 1. The van der Waals surface area contributed by atoms with Crippen molar-refractivity contribution in [2.45, 2.75) is 0 Å². The van der Waals surface area contributed by atoms with Gasteiger partial charge in [0.15, 0.2) is 5.65 Å². The largest absolute Gasteiger partial charge is 0.497 e. The maximum Gasteiger partial charge on any atom is 0.267 e. The predicted octanol–water partition coefficient (Wildman–Crippen LogP) is 4.42. The Kier molecular flexibility index (Phi) is 4.77. The van der Waals surface area contributed by atoms with Crippen molar-refractivity contribution in [1.82, 2.24) is 19.5 Å². The van der Waals surface area contributed by atoms with E-state index in [1.807, 2.05) is 48.7 Å². The first-order valence-electron chi connectivity index (χ1n) is 9.96. The number of benzene rings is 2. The summed E-state index contributed by atoms with van der Waals surface area (Å²) in [5.74, 6) is 3.83. The van der Waals surface area contributed by atoms with E-state index in [-0.39, 0.29) is 5.56 Å². The van der Waals surface area contributed by atoms with Gasteiger partial charge in [0.2, 0.25) is 0 Å². The third kappa shape index (κ3) is 3.32. The lowest BCUT2D eigenvalue weighted by Gasteiger charge is -2.11. The lowest BCUT2D eigenvalue weighted by Crippen LogP contribution is -2.22. The summed E-state index contributed by atoms with van der Waals surface area (Å²) in [6, 6.07) is 16.5. The molecular weight excluding hydrogens is 400 g/mol. The number of pyridine rings is 1. The minimum absolute atomic E-state index is 0.197. The van der Waals surface area contributed by atoms with Gasteiger partial charge in [0, 0.05) is 34.4 Å². The zero-order chi connectivity index (χ0) is 22.1. The maximum absolute atomic E-state index is 13.3. The number of fused-ring (bicyclic) bond motifs is 2. The van der Waals surface area contributed by atoms with Crippen molar-refractivity contribution in [3.8, 4) is 23.8 Å². The van der Waals surface area contributed by atoms with Gasteiger partial charge in [0.1, 0.15) is 11.6 Å². The number of H-pyrrole nitrogens is 1. The zero-order valence-corrected chi connectivity index (χ0v) is 17.2. The molecule has 3 aromatic heterocycles. The minimum Gasteiger partial charge on any atom is -0.497 e. The fourth-order valence-corrected chi connectivity index (χ4v) is 3.65. The van der Waals surface area contributed by atoms with Gasteiger partial charge in [-0.05, 0) is 66.7 Å². The summed E-state index contributed by atoms with van der Waals surface area (Å²) < 4.78 is 6.92. The Balaban J connectivity index is 1.69. The van der Waals surface area contributed by atoms with Crippen LogP contribution >= 0.6 is 0 Å². The van der Waals surface area contributed by atoms with Crippen molar-refractivity contribution in [2.75, 3.05) is 7.11 Å². The van der Waals surface area contributed by atoms with Crippen LogP contribution in [0.4, 0.5) is 0 Å². The number of rotatable bonds is 4. The van der Waals surface area contributed by atoms with Gasteiger partial charge in [-0.3, -0.25) is 9.36 Å². The van der Waals surface area contributed by atoms with Crippen LogP contribution in [-0.2, 0) is 0 Å². The van der Waals surface area contributed by atoms with Gasteiger partial charge in [-0.1, -0.05) is 5.92 Å². The fraction of sp³-hybridized carbons (Fsp3) is 0.0385. The summed E-state index contributed by atoms with van der Waals surface area (Å²) in [5.41, 5.74) is 3.55. The number of nitrogens with zero attached hydrogens (tertiary/aromatic N) is 3. The van der Waals surface area contributed by atoms with Gasteiger partial charge in [0.05, 0.1) is 18.2 Å². The van der Waals surface area contributed by atoms with E-state index in [1.54, 1.807) is 42.1 Å².